The molecule has 0 saturated heterocycles. The molecule has 20 heavy (non-hydrogen) atoms. The van der Waals surface area contributed by atoms with Gasteiger partial charge in [0.1, 0.15) is 5.92 Å². The summed E-state index contributed by atoms with van der Waals surface area (Å²) in [4.78, 5) is 35.9. The van der Waals surface area contributed by atoms with Gasteiger partial charge in [-0.3, -0.25) is 14.4 Å². The Morgan fingerprint density at radius 2 is 1.55 bits per heavy atom. The molecule has 1 fully saturated rings. The van der Waals surface area contributed by atoms with Crippen LogP contribution in [0.5, 0.6) is 0 Å². The van der Waals surface area contributed by atoms with Crippen LogP contribution in [0.4, 0.5) is 0 Å². The van der Waals surface area contributed by atoms with E-state index in [1.807, 2.05) is 26.0 Å². The molecular formula is C17H20O3. The maximum Gasteiger partial charge on any atom is 0.151 e. The second-order valence-corrected chi connectivity index (χ2v) is 5.71. The first kappa shape index (κ1) is 14.6. The van der Waals surface area contributed by atoms with E-state index in [1.165, 1.54) is 0 Å². The van der Waals surface area contributed by atoms with Gasteiger partial charge < -0.3 is 0 Å². The fourth-order valence-electron chi connectivity index (χ4n) is 3.02. The Morgan fingerprint density at radius 1 is 1.05 bits per heavy atom. The van der Waals surface area contributed by atoms with Crippen molar-refractivity contribution in [3.05, 3.63) is 34.9 Å². The number of carbonyl (C=O) groups is 3. The molecule has 1 saturated carbocycles. The molecular weight excluding hydrogens is 252 g/mol. The lowest BCUT2D eigenvalue weighted by Gasteiger charge is -2.26. The van der Waals surface area contributed by atoms with Crippen LogP contribution < -0.4 is 0 Å². The molecule has 1 aromatic carbocycles. The van der Waals surface area contributed by atoms with Gasteiger partial charge in [-0.05, 0) is 25.3 Å². The molecule has 0 radical (unpaired) electrons. The zero-order valence-corrected chi connectivity index (χ0v) is 12.2. The summed E-state index contributed by atoms with van der Waals surface area (Å²) in [6.07, 6.45) is 0.840. The summed E-state index contributed by atoms with van der Waals surface area (Å²) in [7, 11) is 0. The predicted molar refractivity (Wildman–Crippen MR) is 76.7 cm³/mol. The SMILES string of the molecule is CCC(=O)C1C(=O)CC(c2cc(C)cc(C)c2)CC1=O. The number of hydrogen-bond acceptors (Lipinski definition) is 3. The van der Waals surface area contributed by atoms with Crippen molar-refractivity contribution < 1.29 is 14.4 Å². The van der Waals surface area contributed by atoms with Crippen LogP contribution in [0, 0.1) is 19.8 Å². The molecule has 2 rings (SSSR count). The molecule has 1 aromatic rings. The third-order valence-electron chi connectivity index (χ3n) is 3.92. The highest BCUT2D eigenvalue weighted by Gasteiger charge is 2.39. The first-order chi connectivity index (χ1) is 9.42. The predicted octanol–water partition coefficient (Wildman–Crippen LogP) is 2.91. The summed E-state index contributed by atoms with van der Waals surface area (Å²) in [6.45, 7) is 5.71. The third kappa shape index (κ3) is 2.87. The number of rotatable bonds is 3. The number of Topliss-reactive ketones (excluding diaryl/α,β-unsaturated/α-hetero) is 3. The summed E-state index contributed by atoms with van der Waals surface area (Å²) in [6, 6.07) is 6.12. The van der Waals surface area contributed by atoms with E-state index in [9.17, 15) is 14.4 Å². The van der Waals surface area contributed by atoms with Crippen molar-refractivity contribution in [1.82, 2.24) is 0 Å². The Balaban J connectivity index is 2.24. The summed E-state index contributed by atoms with van der Waals surface area (Å²) >= 11 is 0. The summed E-state index contributed by atoms with van der Waals surface area (Å²) in [5, 5.41) is 0. The third-order valence-corrected chi connectivity index (χ3v) is 3.92. The van der Waals surface area contributed by atoms with Crippen LogP contribution in [0.25, 0.3) is 0 Å². The van der Waals surface area contributed by atoms with Gasteiger partial charge in [0.05, 0.1) is 0 Å². The topological polar surface area (TPSA) is 51.2 Å². The molecule has 3 heteroatoms. The van der Waals surface area contributed by atoms with Crippen LogP contribution in [0.1, 0.15) is 48.8 Å². The standard InChI is InChI=1S/C17H20O3/c1-4-14(18)17-15(19)8-13(9-16(17)20)12-6-10(2)5-11(3)7-12/h5-7,13,17H,4,8-9H2,1-3H3. The van der Waals surface area contributed by atoms with Crippen LogP contribution in [0.15, 0.2) is 18.2 Å². The molecule has 0 bridgehead atoms. The average Bonchev–Trinajstić information content (AvgIpc) is 2.36. The largest absolute Gasteiger partial charge is 0.298 e. The monoisotopic (exact) mass is 272 g/mol. The van der Waals surface area contributed by atoms with Gasteiger partial charge in [-0.15, -0.1) is 0 Å². The van der Waals surface area contributed by atoms with Gasteiger partial charge in [-0.1, -0.05) is 36.2 Å². The Morgan fingerprint density at radius 3 is 2.00 bits per heavy atom. The van der Waals surface area contributed by atoms with Gasteiger partial charge in [-0.25, -0.2) is 0 Å². The highest BCUT2D eigenvalue weighted by Crippen LogP contribution is 2.33. The molecule has 1 aliphatic rings. The summed E-state index contributed by atoms with van der Waals surface area (Å²) < 4.78 is 0. The number of hydrogen-bond donors (Lipinski definition) is 0. The van der Waals surface area contributed by atoms with Crippen LogP contribution in [0.2, 0.25) is 0 Å². The fourth-order valence-corrected chi connectivity index (χ4v) is 3.02. The van der Waals surface area contributed by atoms with Crippen molar-refractivity contribution in [2.45, 2.75) is 46.0 Å². The van der Waals surface area contributed by atoms with E-state index in [1.54, 1.807) is 6.92 Å². The number of aryl methyl sites for hydroxylation is 2. The first-order valence-electron chi connectivity index (χ1n) is 7.08. The van der Waals surface area contributed by atoms with Crippen molar-refractivity contribution in [3.63, 3.8) is 0 Å². The van der Waals surface area contributed by atoms with Crippen LogP contribution >= 0.6 is 0 Å². The van der Waals surface area contributed by atoms with Crippen molar-refractivity contribution in [3.8, 4) is 0 Å². The quantitative estimate of drug-likeness (QED) is 0.795. The first-order valence-corrected chi connectivity index (χ1v) is 7.08. The normalized spacial score (nSPS) is 22.9. The second-order valence-electron chi connectivity index (χ2n) is 5.71. The molecule has 0 unspecified atom stereocenters. The average molecular weight is 272 g/mol. The van der Waals surface area contributed by atoms with Crippen molar-refractivity contribution in [1.29, 1.82) is 0 Å². The highest BCUT2D eigenvalue weighted by molar-refractivity contribution is 6.20. The van der Waals surface area contributed by atoms with Crippen molar-refractivity contribution >= 4 is 17.3 Å². The van der Waals surface area contributed by atoms with Crippen LogP contribution in [0.3, 0.4) is 0 Å². The summed E-state index contributed by atoms with van der Waals surface area (Å²) in [5.74, 6) is -1.73. The van der Waals surface area contributed by atoms with Crippen LogP contribution in [-0.2, 0) is 14.4 Å². The minimum Gasteiger partial charge on any atom is -0.298 e. The van der Waals surface area contributed by atoms with Gasteiger partial charge >= 0.3 is 0 Å². The lowest BCUT2D eigenvalue weighted by molar-refractivity contribution is -0.142. The Hall–Kier alpha value is -1.77. The number of carbonyl (C=O) groups excluding carboxylic acids is 3. The fraction of sp³-hybridized carbons (Fsp3) is 0.471. The van der Waals surface area contributed by atoms with E-state index in [0.717, 1.165) is 16.7 Å². The van der Waals surface area contributed by atoms with Gasteiger partial charge in [-0.2, -0.15) is 0 Å². The van der Waals surface area contributed by atoms with Crippen molar-refractivity contribution in [2.75, 3.05) is 0 Å². The zero-order valence-electron chi connectivity index (χ0n) is 12.2. The molecule has 1 aliphatic carbocycles. The number of ketones is 3. The zero-order chi connectivity index (χ0) is 14.9. The van der Waals surface area contributed by atoms with Gasteiger partial charge in [0.2, 0.25) is 0 Å². The Bertz CT molecular complexity index is 533. The van der Waals surface area contributed by atoms with E-state index >= 15 is 0 Å². The Kier molecular flexibility index (Phi) is 4.17. The van der Waals surface area contributed by atoms with Gasteiger partial charge in [0.15, 0.2) is 17.3 Å². The molecule has 0 amide bonds. The van der Waals surface area contributed by atoms with Gasteiger partial charge in [0, 0.05) is 19.3 Å². The molecule has 0 spiro atoms. The van der Waals surface area contributed by atoms with E-state index < -0.39 is 5.92 Å². The van der Waals surface area contributed by atoms with Crippen molar-refractivity contribution in [2.24, 2.45) is 5.92 Å². The molecule has 0 aromatic heterocycles. The Labute approximate surface area is 119 Å². The van der Waals surface area contributed by atoms with E-state index in [-0.39, 0.29) is 29.7 Å². The summed E-state index contributed by atoms with van der Waals surface area (Å²) in [5.41, 5.74) is 3.30. The lowest BCUT2D eigenvalue weighted by atomic mass is 9.74. The molecule has 106 valence electrons. The smallest absolute Gasteiger partial charge is 0.151 e. The molecule has 3 nitrogen and oxygen atoms in total. The van der Waals surface area contributed by atoms with Gasteiger partial charge in [0.25, 0.3) is 0 Å². The maximum atomic E-state index is 12.1. The van der Waals surface area contributed by atoms with E-state index in [0.29, 0.717) is 12.8 Å². The second kappa shape index (κ2) is 5.70. The molecule has 0 heterocycles. The van der Waals surface area contributed by atoms with E-state index in [2.05, 4.69) is 6.07 Å². The molecule has 0 aliphatic heterocycles. The number of benzene rings is 1. The minimum absolute atomic E-state index is 0.0745. The maximum absolute atomic E-state index is 12.1. The van der Waals surface area contributed by atoms with Crippen LogP contribution in [-0.4, -0.2) is 17.3 Å². The molecule has 0 N–H and O–H groups in total. The van der Waals surface area contributed by atoms with E-state index in [4.69, 9.17) is 0 Å². The lowest BCUT2D eigenvalue weighted by Crippen LogP contribution is -2.37. The molecule has 0 atom stereocenters. The highest BCUT2D eigenvalue weighted by atomic mass is 16.2. The minimum atomic E-state index is -0.998.